The number of rotatable bonds is 6. The summed E-state index contributed by atoms with van der Waals surface area (Å²) in [5.41, 5.74) is -2.47. The van der Waals surface area contributed by atoms with Crippen LogP contribution in [0.5, 0.6) is 0 Å². The highest BCUT2D eigenvalue weighted by Crippen LogP contribution is 2.32. The van der Waals surface area contributed by atoms with Crippen molar-refractivity contribution >= 4 is 26.6 Å². The van der Waals surface area contributed by atoms with Crippen molar-refractivity contribution in [3.63, 3.8) is 0 Å². The number of benzene rings is 4. The molecule has 0 aliphatic heterocycles. The van der Waals surface area contributed by atoms with Gasteiger partial charge in [0.2, 0.25) is 0 Å². The van der Waals surface area contributed by atoms with Gasteiger partial charge in [-0.15, -0.1) is 0 Å². The fourth-order valence-corrected chi connectivity index (χ4v) is 5.39. The van der Waals surface area contributed by atoms with Crippen molar-refractivity contribution in [3.8, 4) is 0 Å². The van der Waals surface area contributed by atoms with Gasteiger partial charge in [-0.3, -0.25) is 0 Å². The molecule has 0 atom stereocenters. The lowest BCUT2D eigenvalue weighted by Crippen LogP contribution is -2.15. The lowest BCUT2D eigenvalue weighted by molar-refractivity contribution is -0.138. The standard InChI is InChI=1S/C27H18F6O4S/c28-26(29,30)21-9-3-5-17(11-21)15-37-25(34)23-13-19-7-1-2-8-20(19)14-24(23)38(35,36)16-18-6-4-10-22(12-18)27(31,32)33/h1-14H,15-16H2. The minimum absolute atomic E-state index is 0.0299. The number of hydrogen-bond acceptors (Lipinski definition) is 4. The highest BCUT2D eigenvalue weighted by Gasteiger charge is 2.32. The molecule has 0 fully saturated rings. The Balaban J connectivity index is 1.69. The van der Waals surface area contributed by atoms with Crippen LogP contribution in [0.25, 0.3) is 10.8 Å². The second-order valence-electron chi connectivity index (χ2n) is 8.43. The Morgan fingerprint density at radius 1 is 0.684 bits per heavy atom. The summed E-state index contributed by atoms with van der Waals surface area (Å²) in [6.45, 7) is -0.567. The van der Waals surface area contributed by atoms with Gasteiger partial charge in [0, 0.05) is 0 Å². The quantitative estimate of drug-likeness (QED) is 0.187. The summed E-state index contributed by atoms with van der Waals surface area (Å²) < 4.78 is 110. The van der Waals surface area contributed by atoms with Crippen molar-refractivity contribution in [1.82, 2.24) is 0 Å². The third-order valence-corrected chi connectivity index (χ3v) is 7.36. The van der Waals surface area contributed by atoms with Crippen LogP contribution in [0.1, 0.15) is 32.6 Å². The van der Waals surface area contributed by atoms with Crippen LogP contribution in [0.4, 0.5) is 26.3 Å². The number of hydrogen-bond donors (Lipinski definition) is 0. The van der Waals surface area contributed by atoms with Crippen LogP contribution in [-0.4, -0.2) is 14.4 Å². The zero-order chi connectivity index (χ0) is 27.7. The van der Waals surface area contributed by atoms with E-state index in [2.05, 4.69) is 0 Å². The minimum Gasteiger partial charge on any atom is -0.457 e. The Morgan fingerprint density at radius 2 is 1.21 bits per heavy atom. The normalized spacial score (nSPS) is 12.5. The molecule has 4 nitrogen and oxygen atoms in total. The molecule has 4 rings (SSSR count). The number of halogens is 6. The van der Waals surface area contributed by atoms with E-state index in [1.165, 1.54) is 24.3 Å². The number of carbonyl (C=O) groups excluding carboxylic acids is 1. The van der Waals surface area contributed by atoms with Gasteiger partial charge in [0.05, 0.1) is 27.3 Å². The number of fused-ring (bicyclic) bond motifs is 1. The number of carbonyl (C=O) groups is 1. The first kappa shape index (κ1) is 27.2. The Kier molecular flexibility index (Phi) is 7.24. The van der Waals surface area contributed by atoms with E-state index in [0.29, 0.717) is 16.8 Å². The zero-order valence-electron chi connectivity index (χ0n) is 19.3. The van der Waals surface area contributed by atoms with Crippen LogP contribution in [-0.2, 0) is 39.3 Å². The number of sulfone groups is 1. The zero-order valence-corrected chi connectivity index (χ0v) is 20.1. The van der Waals surface area contributed by atoms with Crippen LogP contribution >= 0.6 is 0 Å². The van der Waals surface area contributed by atoms with E-state index in [1.54, 1.807) is 24.3 Å². The molecule has 38 heavy (non-hydrogen) atoms. The van der Waals surface area contributed by atoms with Gasteiger partial charge in [-0.1, -0.05) is 54.6 Å². The largest absolute Gasteiger partial charge is 0.457 e. The molecule has 0 aliphatic rings. The highest BCUT2D eigenvalue weighted by atomic mass is 32.2. The van der Waals surface area contributed by atoms with Crippen molar-refractivity contribution in [3.05, 3.63) is 113 Å². The highest BCUT2D eigenvalue weighted by molar-refractivity contribution is 7.90. The minimum atomic E-state index is -4.68. The van der Waals surface area contributed by atoms with Gasteiger partial charge in [0.15, 0.2) is 9.84 Å². The van der Waals surface area contributed by atoms with E-state index >= 15 is 0 Å². The van der Waals surface area contributed by atoms with Crippen molar-refractivity contribution in [2.24, 2.45) is 0 Å². The van der Waals surface area contributed by atoms with Gasteiger partial charge in [-0.25, -0.2) is 13.2 Å². The van der Waals surface area contributed by atoms with E-state index in [4.69, 9.17) is 4.74 Å². The van der Waals surface area contributed by atoms with Gasteiger partial charge in [0.1, 0.15) is 6.61 Å². The first-order valence-electron chi connectivity index (χ1n) is 11.0. The average molecular weight is 552 g/mol. The van der Waals surface area contributed by atoms with Gasteiger partial charge in [-0.05, 0) is 52.2 Å². The molecule has 4 aromatic carbocycles. The van der Waals surface area contributed by atoms with Gasteiger partial charge in [0.25, 0.3) is 0 Å². The molecule has 0 aliphatic carbocycles. The maximum atomic E-state index is 13.3. The summed E-state index contributed by atoms with van der Waals surface area (Å²) in [6.07, 6.45) is -9.29. The molecule has 11 heteroatoms. The van der Waals surface area contributed by atoms with Crippen LogP contribution in [0.2, 0.25) is 0 Å². The van der Waals surface area contributed by atoms with E-state index in [9.17, 15) is 39.6 Å². The molecule has 0 saturated carbocycles. The first-order chi connectivity index (χ1) is 17.7. The average Bonchev–Trinajstić information content (AvgIpc) is 2.85. The Bertz CT molecular complexity index is 1610. The van der Waals surface area contributed by atoms with Crippen LogP contribution in [0, 0.1) is 0 Å². The van der Waals surface area contributed by atoms with E-state index in [-0.39, 0.29) is 16.7 Å². The Morgan fingerprint density at radius 3 is 1.79 bits per heavy atom. The van der Waals surface area contributed by atoms with Gasteiger partial charge in [-0.2, -0.15) is 26.3 Å². The Labute approximate surface area is 213 Å². The third-order valence-electron chi connectivity index (χ3n) is 5.64. The maximum Gasteiger partial charge on any atom is 0.416 e. The number of alkyl halides is 6. The second-order valence-corrected chi connectivity index (χ2v) is 10.4. The molecule has 0 amide bonds. The lowest BCUT2D eigenvalue weighted by Gasteiger charge is -2.14. The topological polar surface area (TPSA) is 60.4 Å². The molecular formula is C27H18F6O4S. The van der Waals surface area contributed by atoms with Gasteiger partial charge >= 0.3 is 18.3 Å². The van der Waals surface area contributed by atoms with Crippen LogP contribution in [0.15, 0.2) is 89.8 Å². The molecule has 0 spiro atoms. The molecule has 0 radical (unpaired) electrons. The summed E-state index contributed by atoms with van der Waals surface area (Å²) >= 11 is 0. The lowest BCUT2D eigenvalue weighted by atomic mass is 10.1. The molecule has 0 saturated heterocycles. The number of ether oxygens (including phenoxy) is 1. The van der Waals surface area contributed by atoms with Crippen molar-refractivity contribution < 1.29 is 44.3 Å². The molecular weight excluding hydrogens is 534 g/mol. The molecule has 0 N–H and O–H groups in total. The van der Waals surface area contributed by atoms with E-state index in [0.717, 1.165) is 30.3 Å². The predicted molar refractivity (Wildman–Crippen MR) is 127 cm³/mol. The van der Waals surface area contributed by atoms with Crippen LogP contribution < -0.4 is 0 Å². The summed E-state index contributed by atoms with van der Waals surface area (Å²) in [4.78, 5) is 12.5. The van der Waals surface area contributed by atoms with Crippen molar-refractivity contribution in [2.75, 3.05) is 0 Å². The summed E-state index contributed by atoms with van der Waals surface area (Å²) in [6, 6.07) is 16.9. The van der Waals surface area contributed by atoms with Crippen LogP contribution in [0.3, 0.4) is 0 Å². The van der Waals surface area contributed by atoms with Crippen molar-refractivity contribution in [2.45, 2.75) is 29.6 Å². The predicted octanol–water partition coefficient (Wildman–Crippen LogP) is 7.21. The molecule has 4 aromatic rings. The molecule has 198 valence electrons. The maximum absolute atomic E-state index is 13.3. The third kappa shape index (κ3) is 6.16. The monoisotopic (exact) mass is 552 g/mol. The van der Waals surface area contributed by atoms with E-state index < -0.39 is 56.5 Å². The molecule has 0 aromatic heterocycles. The van der Waals surface area contributed by atoms with E-state index in [1.807, 2.05) is 0 Å². The summed E-state index contributed by atoms with van der Waals surface area (Å²) in [5.74, 6) is -1.95. The molecule has 0 heterocycles. The smallest absolute Gasteiger partial charge is 0.416 e. The van der Waals surface area contributed by atoms with Crippen molar-refractivity contribution in [1.29, 1.82) is 0 Å². The van der Waals surface area contributed by atoms with Gasteiger partial charge < -0.3 is 4.74 Å². The molecule has 0 bridgehead atoms. The fraction of sp³-hybridized carbons (Fsp3) is 0.148. The SMILES string of the molecule is O=C(OCc1cccc(C(F)(F)F)c1)c1cc2ccccc2cc1S(=O)(=O)Cc1cccc(C(F)(F)F)c1. The Hall–Kier alpha value is -3.86. The summed E-state index contributed by atoms with van der Waals surface area (Å²) in [5, 5.41) is 0.932. The fourth-order valence-electron chi connectivity index (χ4n) is 3.83. The summed E-state index contributed by atoms with van der Waals surface area (Å²) in [7, 11) is -4.37. The second kappa shape index (κ2) is 10.1. The number of esters is 1. The first-order valence-corrected chi connectivity index (χ1v) is 12.6. The molecule has 0 unspecified atom stereocenters.